The second kappa shape index (κ2) is 6.50. The fraction of sp³-hybridized carbons (Fsp3) is 0.917. The van der Waals surface area contributed by atoms with E-state index < -0.39 is 0 Å². The Morgan fingerprint density at radius 1 is 1.62 bits per heavy atom. The Morgan fingerprint density at radius 3 is 2.88 bits per heavy atom. The van der Waals surface area contributed by atoms with E-state index >= 15 is 0 Å². The van der Waals surface area contributed by atoms with Crippen LogP contribution >= 0.6 is 11.8 Å². The fourth-order valence-corrected chi connectivity index (χ4v) is 3.17. The summed E-state index contributed by atoms with van der Waals surface area (Å²) in [5.41, 5.74) is 0. The summed E-state index contributed by atoms with van der Waals surface area (Å²) in [4.78, 5) is 13.7. The molecule has 0 aromatic heterocycles. The topological polar surface area (TPSA) is 32.3 Å². The highest BCUT2D eigenvalue weighted by Gasteiger charge is 2.26. The van der Waals surface area contributed by atoms with E-state index in [0.717, 1.165) is 6.54 Å². The normalized spacial score (nSPS) is 27.5. The first kappa shape index (κ1) is 13.8. The van der Waals surface area contributed by atoms with Gasteiger partial charge in [0.1, 0.15) is 0 Å². The highest BCUT2D eigenvalue weighted by molar-refractivity contribution is 7.99. The monoisotopic (exact) mass is 244 g/mol. The predicted octanol–water partition coefficient (Wildman–Crippen LogP) is 1.73. The van der Waals surface area contributed by atoms with Crippen LogP contribution < -0.4 is 5.32 Å². The zero-order chi connectivity index (χ0) is 12.1. The van der Waals surface area contributed by atoms with Crippen molar-refractivity contribution < 1.29 is 4.79 Å². The number of hydrogen-bond acceptors (Lipinski definition) is 3. The molecule has 1 aliphatic heterocycles. The molecular formula is C12H24N2OS. The maximum Gasteiger partial charge on any atom is 0.239 e. The molecule has 0 aromatic rings. The van der Waals surface area contributed by atoms with E-state index in [-0.39, 0.29) is 11.9 Å². The number of carbonyl (C=O) groups is 1. The van der Waals surface area contributed by atoms with Crippen molar-refractivity contribution in [1.29, 1.82) is 0 Å². The van der Waals surface area contributed by atoms with Gasteiger partial charge in [0, 0.05) is 24.9 Å². The lowest BCUT2D eigenvalue weighted by Gasteiger charge is -2.32. The van der Waals surface area contributed by atoms with E-state index in [1.807, 2.05) is 32.7 Å². The van der Waals surface area contributed by atoms with Gasteiger partial charge in [-0.1, -0.05) is 6.92 Å². The van der Waals surface area contributed by atoms with Crippen LogP contribution in [0.3, 0.4) is 0 Å². The molecule has 3 atom stereocenters. The molecule has 1 aliphatic rings. The lowest BCUT2D eigenvalue weighted by molar-refractivity contribution is -0.131. The van der Waals surface area contributed by atoms with Crippen molar-refractivity contribution >= 4 is 17.7 Å². The summed E-state index contributed by atoms with van der Waals surface area (Å²) in [5, 5.41) is 4.09. The van der Waals surface area contributed by atoms with Crippen LogP contribution in [-0.2, 0) is 4.79 Å². The van der Waals surface area contributed by atoms with E-state index in [4.69, 9.17) is 0 Å². The van der Waals surface area contributed by atoms with Gasteiger partial charge >= 0.3 is 0 Å². The molecule has 1 heterocycles. The quantitative estimate of drug-likeness (QED) is 0.817. The predicted molar refractivity (Wildman–Crippen MR) is 70.9 cm³/mol. The Balaban J connectivity index is 2.43. The number of nitrogens with zero attached hydrogens (tertiary/aromatic N) is 1. The van der Waals surface area contributed by atoms with Gasteiger partial charge in [0.05, 0.1) is 6.04 Å². The van der Waals surface area contributed by atoms with Crippen molar-refractivity contribution in [2.45, 2.75) is 50.9 Å². The Hall–Kier alpha value is -0.220. The number of carbonyl (C=O) groups excluding carboxylic acids is 1. The van der Waals surface area contributed by atoms with Crippen LogP contribution in [0.5, 0.6) is 0 Å². The first-order chi connectivity index (χ1) is 7.56. The molecule has 0 bridgehead atoms. The van der Waals surface area contributed by atoms with Gasteiger partial charge in [-0.25, -0.2) is 0 Å². The molecule has 0 aliphatic carbocycles. The summed E-state index contributed by atoms with van der Waals surface area (Å²) in [6.07, 6.45) is 2.46. The smallest absolute Gasteiger partial charge is 0.239 e. The van der Waals surface area contributed by atoms with Gasteiger partial charge < -0.3 is 10.2 Å². The molecule has 1 rings (SSSR count). The van der Waals surface area contributed by atoms with Gasteiger partial charge in [-0.15, -0.1) is 0 Å². The van der Waals surface area contributed by atoms with Crippen molar-refractivity contribution in [1.82, 2.24) is 10.2 Å². The third-order valence-electron chi connectivity index (χ3n) is 3.29. The minimum atomic E-state index is -0.0592. The maximum absolute atomic E-state index is 11.9. The van der Waals surface area contributed by atoms with Crippen molar-refractivity contribution in [2.24, 2.45) is 0 Å². The largest absolute Gasteiger partial charge is 0.345 e. The SMILES string of the molecule is CCN(C)C(=O)C(C)NC1CCCSC1C. The second-order valence-electron chi connectivity index (χ2n) is 4.57. The lowest BCUT2D eigenvalue weighted by atomic mass is 10.1. The molecule has 0 saturated carbocycles. The average molecular weight is 244 g/mol. The molecule has 0 aromatic carbocycles. The van der Waals surface area contributed by atoms with Crippen LogP contribution in [0.15, 0.2) is 0 Å². The Labute approximate surface area is 103 Å². The molecule has 4 heteroatoms. The van der Waals surface area contributed by atoms with Gasteiger partial charge in [0.2, 0.25) is 5.91 Å². The average Bonchev–Trinajstić information content (AvgIpc) is 2.30. The number of nitrogens with one attached hydrogen (secondary N) is 1. The van der Waals surface area contributed by atoms with Crippen molar-refractivity contribution in [3.8, 4) is 0 Å². The summed E-state index contributed by atoms with van der Waals surface area (Å²) in [7, 11) is 1.86. The fourth-order valence-electron chi connectivity index (χ4n) is 2.02. The van der Waals surface area contributed by atoms with E-state index in [2.05, 4.69) is 12.2 Å². The summed E-state index contributed by atoms with van der Waals surface area (Å²) in [5.74, 6) is 1.46. The zero-order valence-electron chi connectivity index (χ0n) is 10.8. The van der Waals surface area contributed by atoms with Gasteiger partial charge in [0.15, 0.2) is 0 Å². The molecular weight excluding hydrogens is 220 g/mol. The van der Waals surface area contributed by atoms with E-state index in [1.165, 1.54) is 18.6 Å². The Morgan fingerprint density at radius 2 is 2.31 bits per heavy atom. The standard InChI is InChI=1S/C12H24N2OS/c1-5-14(4)12(15)9(2)13-11-7-6-8-16-10(11)3/h9-11,13H,5-8H2,1-4H3. The van der Waals surface area contributed by atoms with E-state index in [0.29, 0.717) is 11.3 Å². The van der Waals surface area contributed by atoms with Crippen LogP contribution in [0, 0.1) is 0 Å². The molecule has 16 heavy (non-hydrogen) atoms. The molecule has 94 valence electrons. The summed E-state index contributed by atoms with van der Waals surface area (Å²) < 4.78 is 0. The van der Waals surface area contributed by atoms with Crippen LogP contribution in [-0.4, -0.2) is 47.5 Å². The number of hydrogen-bond donors (Lipinski definition) is 1. The first-order valence-electron chi connectivity index (χ1n) is 6.18. The zero-order valence-corrected chi connectivity index (χ0v) is 11.6. The minimum absolute atomic E-state index is 0.0592. The molecule has 3 nitrogen and oxygen atoms in total. The van der Waals surface area contributed by atoms with Crippen molar-refractivity contribution in [3.05, 3.63) is 0 Å². The Bertz CT molecular complexity index is 235. The molecule has 0 spiro atoms. The lowest BCUT2D eigenvalue weighted by Crippen LogP contribution is -2.50. The highest BCUT2D eigenvalue weighted by Crippen LogP contribution is 2.25. The minimum Gasteiger partial charge on any atom is -0.345 e. The Kier molecular flexibility index (Phi) is 5.62. The number of likely N-dealkylation sites (N-methyl/N-ethyl adjacent to an activating group) is 1. The van der Waals surface area contributed by atoms with Gasteiger partial charge in [-0.3, -0.25) is 4.79 Å². The number of thioether (sulfide) groups is 1. The molecule has 1 amide bonds. The second-order valence-corrected chi connectivity index (χ2v) is 6.05. The van der Waals surface area contributed by atoms with Crippen molar-refractivity contribution in [3.63, 3.8) is 0 Å². The maximum atomic E-state index is 11.9. The number of amides is 1. The summed E-state index contributed by atoms with van der Waals surface area (Å²) in [6.45, 7) is 7.01. The van der Waals surface area contributed by atoms with Crippen molar-refractivity contribution in [2.75, 3.05) is 19.3 Å². The summed E-state index contributed by atoms with van der Waals surface area (Å²) in [6, 6.07) is 0.430. The molecule has 1 fully saturated rings. The first-order valence-corrected chi connectivity index (χ1v) is 7.23. The van der Waals surface area contributed by atoms with Gasteiger partial charge in [-0.05, 0) is 32.4 Å². The third kappa shape index (κ3) is 3.67. The van der Waals surface area contributed by atoms with Crippen LogP contribution in [0.2, 0.25) is 0 Å². The highest BCUT2D eigenvalue weighted by atomic mass is 32.2. The van der Waals surface area contributed by atoms with Crippen LogP contribution in [0.25, 0.3) is 0 Å². The number of rotatable bonds is 4. The molecule has 1 saturated heterocycles. The van der Waals surface area contributed by atoms with Crippen LogP contribution in [0.1, 0.15) is 33.6 Å². The molecule has 1 N–H and O–H groups in total. The van der Waals surface area contributed by atoms with Gasteiger partial charge in [-0.2, -0.15) is 11.8 Å². The molecule has 0 radical (unpaired) electrons. The van der Waals surface area contributed by atoms with E-state index in [1.54, 1.807) is 4.90 Å². The summed E-state index contributed by atoms with van der Waals surface area (Å²) >= 11 is 2.01. The van der Waals surface area contributed by atoms with Crippen LogP contribution in [0.4, 0.5) is 0 Å². The third-order valence-corrected chi connectivity index (χ3v) is 4.67. The molecule has 3 unspecified atom stereocenters. The van der Waals surface area contributed by atoms with E-state index in [9.17, 15) is 4.79 Å². The van der Waals surface area contributed by atoms with Gasteiger partial charge in [0.25, 0.3) is 0 Å².